The van der Waals surface area contributed by atoms with Crippen molar-refractivity contribution in [2.75, 3.05) is 32.7 Å². The molecule has 9 heteroatoms. The van der Waals surface area contributed by atoms with Crippen molar-refractivity contribution >= 4 is 28.0 Å². The number of carbonyl (C=O) groups excluding carboxylic acids is 2. The van der Waals surface area contributed by atoms with E-state index in [1.807, 2.05) is 30.3 Å². The number of carbonyl (C=O) groups is 2. The van der Waals surface area contributed by atoms with Gasteiger partial charge in [-0.3, -0.25) is 4.79 Å². The van der Waals surface area contributed by atoms with Gasteiger partial charge in [0.15, 0.2) is 0 Å². The van der Waals surface area contributed by atoms with E-state index in [-0.39, 0.29) is 5.91 Å². The van der Waals surface area contributed by atoms with Crippen LogP contribution in [0.25, 0.3) is 6.08 Å². The first-order chi connectivity index (χ1) is 13.4. The molecule has 1 heterocycles. The fourth-order valence-corrected chi connectivity index (χ4v) is 4.13. The van der Waals surface area contributed by atoms with Gasteiger partial charge in [0.05, 0.1) is 0 Å². The number of piperazine rings is 1. The van der Waals surface area contributed by atoms with Crippen LogP contribution in [0.2, 0.25) is 0 Å². The van der Waals surface area contributed by atoms with Crippen LogP contribution in [0, 0.1) is 0 Å². The maximum absolute atomic E-state index is 12.5. The molecule has 2 rings (SSSR count). The smallest absolute Gasteiger partial charge is 0.312 e. The molecule has 0 bridgehead atoms. The van der Waals surface area contributed by atoms with Crippen molar-refractivity contribution in [2.24, 2.45) is 5.73 Å². The third kappa shape index (κ3) is 7.32. The van der Waals surface area contributed by atoms with Gasteiger partial charge in [0.2, 0.25) is 15.9 Å². The van der Waals surface area contributed by atoms with Gasteiger partial charge < -0.3 is 16.0 Å². The Morgan fingerprint density at radius 1 is 1.04 bits per heavy atom. The summed E-state index contributed by atoms with van der Waals surface area (Å²) in [6, 6.07) is 8.72. The first-order valence-corrected chi connectivity index (χ1v) is 10.9. The van der Waals surface area contributed by atoms with Crippen molar-refractivity contribution in [1.29, 1.82) is 0 Å². The number of rotatable bonds is 9. The van der Waals surface area contributed by atoms with Gasteiger partial charge in [0.1, 0.15) is 0 Å². The number of sulfonamides is 1. The summed E-state index contributed by atoms with van der Waals surface area (Å²) in [6.45, 7) is 1.92. The van der Waals surface area contributed by atoms with Crippen molar-refractivity contribution in [3.05, 3.63) is 41.3 Å². The Morgan fingerprint density at radius 3 is 2.36 bits per heavy atom. The largest absolute Gasteiger partial charge is 0.352 e. The van der Waals surface area contributed by atoms with Crippen molar-refractivity contribution in [1.82, 2.24) is 14.5 Å². The van der Waals surface area contributed by atoms with E-state index >= 15 is 0 Å². The molecule has 0 radical (unpaired) electrons. The van der Waals surface area contributed by atoms with Crippen molar-refractivity contribution in [3.63, 3.8) is 0 Å². The summed E-state index contributed by atoms with van der Waals surface area (Å²) in [7, 11) is -3.49. The molecule has 8 nitrogen and oxygen atoms in total. The summed E-state index contributed by atoms with van der Waals surface area (Å²) >= 11 is 0. The van der Waals surface area contributed by atoms with Crippen LogP contribution in [-0.4, -0.2) is 62.3 Å². The number of primary amides is 1. The number of benzene rings is 1. The third-order valence-electron chi connectivity index (χ3n) is 4.55. The van der Waals surface area contributed by atoms with Crippen LogP contribution in [-0.2, 0) is 14.8 Å². The van der Waals surface area contributed by atoms with E-state index in [1.165, 1.54) is 9.71 Å². The van der Waals surface area contributed by atoms with Crippen LogP contribution < -0.4 is 11.1 Å². The molecule has 1 saturated heterocycles. The first kappa shape index (κ1) is 21.9. The van der Waals surface area contributed by atoms with Crippen LogP contribution in [0.15, 0.2) is 35.7 Å². The lowest BCUT2D eigenvalue weighted by molar-refractivity contribution is -0.132. The summed E-state index contributed by atoms with van der Waals surface area (Å²) in [4.78, 5) is 24.5. The summed E-state index contributed by atoms with van der Waals surface area (Å²) in [5.41, 5.74) is 5.81. The molecule has 1 aliphatic rings. The Bertz CT molecular complexity index is 772. The van der Waals surface area contributed by atoms with Gasteiger partial charge in [-0.1, -0.05) is 36.8 Å². The highest BCUT2D eigenvalue weighted by Gasteiger charge is 2.26. The molecule has 1 aliphatic heterocycles. The Balaban J connectivity index is 1.72. The lowest BCUT2D eigenvalue weighted by Crippen LogP contribution is -2.50. The molecule has 3 N–H and O–H groups in total. The normalized spacial score (nSPS) is 15.6. The molecular formula is C19H28N4O4S. The second kappa shape index (κ2) is 10.8. The lowest BCUT2D eigenvalue weighted by atomic mass is 10.1. The van der Waals surface area contributed by atoms with E-state index in [1.54, 1.807) is 11.0 Å². The third-order valence-corrected chi connectivity index (χ3v) is 6.11. The molecule has 1 aromatic rings. The first-order valence-electron chi connectivity index (χ1n) is 9.43. The number of nitrogens with zero attached hydrogens (tertiary/aromatic N) is 2. The van der Waals surface area contributed by atoms with Gasteiger partial charge in [-0.2, -0.15) is 4.31 Å². The van der Waals surface area contributed by atoms with Crippen molar-refractivity contribution in [2.45, 2.75) is 25.7 Å². The Labute approximate surface area is 166 Å². The van der Waals surface area contributed by atoms with Crippen molar-refractivity contribution < 1.29 is 18.0 Å². The Hall–Kier alpha value is -2.39. The quantitative estimate of drug-likeness (QED) is 0.601. The van der Waals surface area contributed by atoms with Gasteiger partial charge in [0, 0.05) is 44.6 Å². The predicted molar refractivity (Wildman–Crippen MR) is 109 cm³/mol. The topological polar surface area (TPSA) is 113 Å². The molecule has 28 heavy (non-hydrogen) atoms. The number of urea groups is 1. The highest BCUT2D eigenvalue weighted by Crippen LogP contribution is 2.13. The second-order valence-corrected chi connectivity index (χ2v) is 8.46. The monoisotopic (exact) mass is 408 g/mol. The van der Waals surface area contributed by atoms with E-state index in [2.05, 4.69) is 5.32 Å². The molecule has 0 saturated carbocycles. The average Bonchev–Trinajstić information content (AvgIpc) is 2.69. The highest BCUT2D eigenvalue weighted by atomic mass is 32.2. The number of nitrogens with two attached hydrogens (primary N) is 1. The number of nitrogens with one attached hydrogen (secondary N) is 1. The molecule has 0 aromatic heterocycles. The molecule has 3 amide bonds. The summed E-state index contributed by atoms with van der Waals surface area (Å²) < 4.78 is 26.3. The highest BCUT2D eigenvalue weighted by molar-refractivity contribution is 7.92. The maximum atomic E-state index is 12.5. The Kier molecular flexibility index (Phi) is 8.46. The van der Waals surface area contributed by atoms with E-state index in [9.17, 15) is 18.0 Å². The van der Waals surface area contributed by atoms with Gasteiger partial charge >= 0.3 is 6.03 Å². The van der Waals surface area contributed by atoms with Crippen LogP contribution in [0.3, 0.4) is 0 Å². The minimum absolute atomic E-state index is 0.0414. The minimum atomic E-state index is -3.49. The minimum Gasteiger partial charge on any atom is -0.352 e. The van der Waals surface area contributed by atoms with Crippen LogP contribution >= 0.6 is 0 Å². The Morgan fingerprint density at radius 2 is 1.71 bits per heavy atom. The van der Waals surface area contributed by atoms with E-state index in [0.29, 0.717) is 39.1 Å². The molecule has 0 unspecified atom stereocenters. The van der Waals surface area contributed by atoms with E-state index < -0.39 is 16.1 Å². The van der Waals surface area contributed by atoms with Crippen LogP contribution in [0.4, 0.5) is 4.79 Å². The summed E-state index contributed by atoms with van der Waals surface area (Å²) in [5.74, 6) is 0.0414. The second-order valence-electron chi connectivity index (χ2n) is 6.64. The lowest BCUT2D eigenvalue weighted by Gasteiger charge is -2.33. The summed E-state index contributed by atoms with van der Waals surface area (Å²) in [5, 5.41) is 3.73. The molecular weight excluding hydrogens is 380 g/mol. The summed E-state index contributed by atoms with van der Waals surface area (Å²) in [6.07, 6.45) is 4.34. The molecule has 0 aliphatic carbocycles. The van der Waals surface area contributed by atoms with Gasteiger partial charge in [-0.05, 0) is 24.5 Å². The zero-order valence-electron chi connectivity index (χ0n) is 15.9. The molecule has 1 aromatic carbocycles. The molecule has 0 spiro atoms. The van der Waals surface area contributed by atoms with E-state index in [0.717, 1.165) is 24.8 Å². The standard InChI is InChI=1S/C19H28N4O4S/c20-19(25)21-11-6-2-5-9-18(24)22-12-14-23(15-13-22)28(26,27)16-10-17-7-3-1-4-8-17/h1,3-4,7-8,10,16H,2,5-6,9,11-15H2,(H3,20,21,25)/b16-10+. The molecule has 1 fully saturated rings. The zero-order chi connectivity index (χ0) is 20.4. The van der Waals surface area contributed by atoms with Gasteiger partial charge in [-0.15, -0.1) is 0 Å². The van der Waals surface area contributed by atoms with Crippen LogP contribution in [0.1, 0.15) is 31.2 Å². The fourth-order valence-electron chi connectivity index (χ4n) is 2.95. The van der Waals surface area contributed by atoms with Gasteiger partial charge in [0.25, 0.3) is 0 Å². The molecule has 154 valence electrons. The fraction of sp³-hybridized carbons (Fsp3) is 0.474. The number of hydrogen-bond donors (Lipinski definition) is 2. The van der Waals surface area contributed by atoms with Crippen LogP contribution in [0.5, 0.6) is 0 Å². The SMILES string of the molecule is NC(=O)NCCCCCC(=O)N1CCN(S(=O)(=O)/C=C/c2ccccc2)CC1. The predicted octanol–water partition coefficient (Wildman–Crippen LogP) is 1.36. The van der Waals surface area contributed by atoms with Gasteiger partial charge in [-0.25, -0.2) is 13.2 Å². The zero-order valence-corrected chi connectivity index (χ0v) is 16.7. The number of amides is 3. The maximum Gasteiger partial charge on any atom is 0.312 e. The molecule has 0 atom stereocenters. The number of unbranched alkanes of at least 4 members (excludes halogenated alkanes) is 2. The van der Waals surface area contributed by atoms with E-state index in [4.69, 9.17) is 5.73 Å². The van der Waals surface area contributed by atoms with Crippen molar-refractivity contribution in [3.8, 4) is 0 Å². The number of hydrogen-bond acceptors (Lipinski definition) is 4. The average molecular weight is 409 g/mol.